The van der Waals surface area contributed by atoms with Gasteiger partial charge in [0, 0.05) is 13.3 Å². The fraction of sp³-hybridized carbons (Fsp3) is 0.750. The minimum Gasteiger partial charge on any atom is -0.480 e. The van der Waals surface area contributed by atoms with Crippen LogP contribution in [0.3, 0.4) is 0 Å². The highest BCUT2D eigenvalue weighted by atomic mass is 16.6. The minimum absolute atomic E-state index is 0.0235. The molecule has 3 N–H and O–H groups in total. The molecular weight excluding hydrogens is 410 g/mol. The Kier molecular flexibility index (Phi) is 9.26. The molecule has 11 heteroatoms. The molecule has 11 nitrogen and oxygen atoms in total. The molecule has 0 bridgehead atoms. The van der Waals surface area contributed by atoms with Crippen LogP contribution in [0.1, 0.15) is 54.4 Å². The van der Waals surface area contributed by atoms with E-state index in [9.17, 15) is 29.1 Å². The first-order valence-electron chi connectivity index (χ1n) is 10.2. The van der Waals surface area contributed by atoms with E-state index in [-0.39, 0.29) is 18.9 Å². The number of esters is 1. The molecule has 1 saturated heterocycles. The van der Waals surface area contributed by atoms with E-state index >= 15 is 0 Å². The lowest BCUT2D eigenvalue weighted by Crippen LogP contribution is -2.53. The number of nitrogens with zero attached hydrogens (tertiary/aromatic N) is 1. The van der Waals surface area contributed by atoms with Gasteiger partial charge in [-0.15, -0.1) is 0 Å². The number of carbonyl (C=O) groups is 5. The Hall–Kier alpha value is -2.85. The van der Waals surface area contributed by atoms with E-state index in [4.69, 9.17) is 9.47 Å². The molecule has 3 amide bonds. The number of rotatable bonds is 8. The van der Waals surface area contributed by atoms with Gasteiger partial charge >= 0.3 is 18.0 Å². The molecule has 4 atom stereocenters. The third-order valence-electron chi connectivity index (χ3n) is 4.78. The Morgan fingerprint density at radius 3 is 2.29 bits per heavy atom. The summed E-state index contributed by atoms with van der Waals surface area (Å²) in [5, 5.41) is 14.3. The van der Waals surface area contributed by atoms with E-state index < -0.39 is 60.2 Å². The molecule has 0 saturated carbocycles. The van der Waals surface area contributed by atoms with Crippen LogP contribution in [0.5, 0.6) is 0 Å². The third kappa shape index (κ3) is 8.42. The largest absolute Gasteiger partial charge is 0.480 e. The first kappa shape index (κ1) is 26.2. The van der Waals surface area contributed by atoms with Crippen molar-refractivity contribution in [1.82, 2.24) is 15.5 Å². The first-order valence-corrected chi connectivity index (χ1v) is 10.2. The summed E-state index contributed by atoms with van der Waals surface area (Å²) in [5.74, 6) is -3.25. The van der Waals surface area contributed by atoms with Gasteiger partial charge in [-0.2, -0.15) is 0 Å². The van der Waals surface area contributed by atoms with Gasteiger partial charge in [0.2, 0.25) is 11.8 Å². The fourth-order valence-corrected chi connectivity index (χ4v) is 3.14. The van der Waals surface area contributed by atoms with Crippen LogP contribution in [0.4, 0.5) is 4.79 Å². The van der Waals surface area contributed by atoms with Crippen molar-refractivity contribution < 1.29 is 38.6 Å². The van der Waals surface area contributed by atoms with E-state index in [1.54, 1.807) is 27.7 Å². The molecule has 0 aromatic carbocycles. The highest BCUT2D eigenvalue weighted by Crippen LogP contribution is 2.21. The third-order valence-corrected chi connectivity index (χ3v) is 4.78. The maximum Gasteiger partial charge on any atom is 0.408 e. The van der Waals surface area contributed by atoms with Gasteiger partial charge in [-0.25, -0.2) is 9.59 Å². The van der Waals surface area contributed by atoms with Gasteiger partial charge in [0.25, 0.3) is 0 Å². The lowest BCUT2D eigenvalue weighted by atomic mass is 9.98. The Morgan fingerprint density at radius 2 is 1.81 bits per heavy atom. The maximum absolute atomic E-state index is 12.7. The summed E-state index contributed by atoms with van der Waals surface area (Å²) in [4.78, 5) is 61.0. The summed E-state index contributed by atoms with van der Waals surface area (Å²) in [6.45, 7) is 9.38. The standard InChI is InChI=1S/C20H33N3O8/c1-7-11(2)16(22-19(29)31-20(4,5)6)17(26)21-9-15(25)23-10-13(30-12(3)24)8-14(23)18(27)28/h11,13-14,16H,7-10H2,1-6H3,(H,21,26)(H,22,29)(H,27,28)/t11-,13+,14-,16-/m0/s1. The zero-order valence-electron chi connectivity index (χ0n) is 18.9. The summed E-state index contributed by atoms with van der Waals surface area (Å²) in [6.07, 6.45) is -0.919. The normalized spacial score (nSPS) is 20.4. The first-order chi connectivity index (χ1) is 14.2. The number of amides is 3. The number of alkyl carbamates (subject to hydrolysis) is 1. The predicted molar refractivity (Wildman–Crippen MR) is 109 cm³/mol. The van der Waals surface area contributed by atoms with Crippen LogP contribution in [0.15, 0.2) is 0 Å². The highest BCUT2D eigenvalue weighted by Gasteiger charge is 2.41. The van der Waals surface area contributed by atoms with E-state index in [2.05, 4.69) is 10.6 Å². The molecule has 1 fully saturated rings. The average Bonchev–Trinajstić information content (AvgIpc) is 3.05. The number of hydrogen-bond donors (Lipinski definition) is 3. The fourth-order valence-electron chi connectivity index (χ4n) is 3.14. The van der Waals surface area contributed by atoms with Crippen LogP contribution < -0.4 is 10.6 Å². The number of likely N-dealkylation sites (tertiary alicyclic amines) is 1. The van der Waals surface area contributed by atoms with Crippen molar-refractivity contribution >= 4 is 29.8 Å². The number of nitrogens with one attached hydrogen (secondary N) is 2. The average molecular weight is 443 g/mol. The zero-order chi connectivity index (χ0) is 23.9. The van der Waals surface area contributed by atoms with Crippen LogP contribution in [0.2, 0.25) is 0 Å². The Balaban J connectivity index is 2.77. The van der Waals surface area contributed by atoms with Gasteiger partial charge < -0.3 is 30.1 Å². The summed E-state index contributed by atoms with van der Waals surface area (Å²) in [6, 6.07) is -2.09. The van der Waals surface area contributed by atoms with Gasteiger partial charge in [-0.05, 0) is 26.7 Å². The van der Waals surface area contributed by atoms with Gasteiger partial charge in [-0.3, -0.25) is 14.4 Å². The molecule has 0 unspecified atom stereocenters. The van der Waals surface area contributed by atoms with Crippen molar-refractivity contribution in [3.05, 3.63) is 0 Å². The number of hydrogen-bond acceptors (Lipinski definition) is 7. The molecule has 0 aromatic heterocycles. The van der Waals surface area contributed by atoms with E-state index in [0.717, 1.165) is 4.90 Å². The molecule has 0 radical (unpaired) electrons. The van der Waals surface area contributed by atoms with Gasteiger partial charge in [0.1, 0.15) is 23.8 Å². The molecule has 1 aliphatic rings. The molecule has 31 heavy (non-hydrogen) atoms. The van der Waals surface area contributed by atoms with Crippen molar-refractivity contribution in [2.24, 2.45) is 5.92 Å². The zero-order valence-corrected chi connectivity index (χ0v) is 18.9. The molecule has 1 aliphatic heterocycles. The molecule has 0 spiro atoms. The topological polar surface area (TPSA) is 151 Å². The smallest absolute Gasteiger partial charge is 0.408 e. The van der Waals surface area contributed by atoms with E-state index in [1.807, 2.05) is 6.92 Å². The van der Waals surface area contributed by atoms with Gasteiger partial charge in [0.15, 0.2) is 0 Å². The number of carboxylic acid groups (broad SMARTS) is 1. The number of ether oxygens (including phenoxy) is 2. The second-order valence-electron chi connectivity index (χ2n) is 8.59. The Morgan fingerprint density at radius 1 is 1.19 bits per heavy atom. The van der Waals surface area contributed by atoms with E-state index in [0.29, 0.717) is 6.42 Å². The van der Waals surface area contributed by atoms with Crippen molar-refractivity contribution in [1.29, 1.82) is 0 Å². The summed E-state index contributed by atoms with van der Waals surface area (Å²) < 4.78 is 10.2. The quantitative estimate of drug-likeness (QED) is 0.463. The van der Waals surface area contributed by atoms with Crippen LogP contribution in [0.25, 0.3) is 0 Å². The molecule has 176 valence electrons. The second-order valence-corrected chi connectivity index (χ2v) is 8.59. The van der Waals surface area contributed by atoms with Crippen molar-refractivity contribution in [3.8, 4) is 0 Å². The van der Waals surface area contributed by atoms with Crippen LogP contribution in [-0.2, 0) is 28.7 Å². The van der Waals surface area contributed by atoms with E-state index in [1.165, 1.54) is 6.92 Å². The SMILES string of the molecule is CC[C@H](C)[C@H](NC(=O)OC(C)(C)C)C(=O)NCC(=O)N1C[C@H](OC(C)=O)C[C@H]1C(=O)O. The van der Waals surface area contributed by atoms with Crippen LogP contribution in [-0.4, -0.2) is 76.7 Å². The molecule has 0 aromatic rings. The molecule has 1 heterocycles. The summed E-state index contributed by atoms with van der Waals surface area (Å²) in [5.41, 5.74) is -0.739. The lowest BCUT2D eigenvalue weighted by molar-refractivity contribution is -0.148. The second kappa shape index (κ2) is 11.0. The van der Waals surface area contributed by atoms with Crippen molar-refractivity contribution in [3.63, 3.8) is 0 Å². The van der Waals surface area contributed by atoms with Gasteiger partial charge in [-0.1, -0.05) is 20.3 Å². The van der Waals surface area contributed by atoms with Crippen LogP contribution in [0, 0.1) is 5.92 Å². The Labute approximate surface area is 181 Å². The maximum atomic E-state index is 12.7. The highest BCUT2D eigenvalue weighted by molar-refractivity contribution is 5.91. The van der Waals surface area contributed by atoms with Crippen molar-refractivity contribution in [2.75, 3.05) is 13.1 Å². The number of carboxylic acids is 1. The monoisotopic (exact) mass is 443 g/mol. The number of aliphatic carboxylic acids is 1. The Bertz CT molecular complexity index is 703. The van der Waals surface area contributed by atoms with Gasteiger partial charge in [0.05, 0.1) is 13.1 Å². The van der Waals surface area contributed by atoms with Crippen LogP contribution >= 0.6 is 0 Å². The molecule has 1 rings (SSSR count). The lowest BCUT2D eigenvalue weighted by Gasteiger charge is -2.27. The summed E-state index contributed by atoms with van der Waals surface area (Å²) >= 11 is 0. The molecule has 0 aliphatic carbocycles. The molecular formula is C20H33N3O8. The summed E-state index contributed by atoms with van der Waals surface area (Å²) in [7, 11) is 0. The predicted octanol–water partition coefficient (Wildman–Crippen LogP) is 0.659. The number of carbonyl (C=O) groups excluding carboxylic acids is 4. The van der Waals surface area contributed by atoms with Crippen molar-refractivity contribution in [2.45, 2.75) is 78.2 Å². The minimum atomic E-state index is -1.22.